The number of nitrogens with one attached hydrogen (secondary N) is 1. The average Bonchev–Trinajstić information content (AvgIpc) is 3.17. The predicted molar refractivity (Wildman–Crippen MR) is 144 cm³/mol. The van der Waals surface area contributed by atoms with E-state index in [1.807, 2.05) is 37.3 Å². The maximum absolute atomic E-state index is 13.4. The van der Waals surface area contributed by atoms with Gasteiger partial charge in [-0.2, -0.15) is 4.68 Å². The molecule has 2 aromatic heterocycles. The monoisotopic (exact) mass is 566 g/mol. The molecule has 0 spiro atoms. The lowest BCUT2D eigenvalue weighted by Crippen LogP contribution is -2.22. The van der Waals surface area contributed by atoms with E-state index < -0.39 is 0 Å². The fourth-order valence-electron chi connectivity index (χ4n) is 3.81. The van der Waals surface area contributed by atoms with Crippen molar-refractivity contribution in [3.63, 3.8) is 0 Å². The Labute approximate surface area is 218 Å². The first-order chi connectivity index (χ1) is 16.8. The Bertz CT molecular complexity index is 1740. The summed E-state index contributed by atoms with van der Waals surface area (Å²) < 4.78 is 2.02. The summed E-state index contributed by atoms with van der Waals surface area (Å²) in [4.78, 5) is 21.3. The third kappa shape index (κ3) is 4.52. The molecule has 3 aromatic carbocycles. The highest BCUT2D eigenvalue weighted by atomic mass is 79.9. The maximum Gasteiger partial charge on any atom is 0.282 e. The van der Waals surface area contributed by atoms with Crippen molar-refractivity contribution in [2.75, 3.05) is 0 Å². The van der Waals surface area contributed by atoms with E-state index in [9.17, 15) is 4.79 Å². The smallest absolute Gasteiger partial charge is 0.282 e. The van der Waals surface area contributed by atoms with E-state index in [1.165, 1.54) is 4.68 Å². The Kier molecular flexibility index (Phi) is 6.27. The van der Waals surface area contributed by atoms with Gasteiger partial charge >= 0.3 is 0 Å². The van der Waals surface area contributed by atoms with Crippen molar-refractivity contribution in [1.82, 2.24) is 14.6 Å². The van der Waals surface area contributed by atoms with Gasteiger partial charge in [0.15, 0.2) is 0 Å². The zero-order chi connectivity index (χ0) is 24.7. The van der Waals surface area contributed by atoms with Crippen LogP contribution >= 0.6 is 39.1 Å². The van der Waals surface area contributed by atoms with Crippen LogP contribution in [0.5, 0.6) is 0 Å². The number of fused-ring (bicyclic) bond motifs is 2. The van der Waals surface area contributed by atoms with Crippen molar-refractivity contribution in [3.8, 4) is 0 Å². The zero-order valence-electron chi connectivity index (χ0n) is 18.6. The molecule has 0 saturated carbocycles. The molecular formula is C25H17BrCl2N6O. The summed E-state index contributed by atoms with van der Waals surface area (Å²) in [6.45, 7) is 3.65. The molecule has 0 radical (unpaired) electrons. The molecule has 5 rings (SSSR count). The summed E-state index contributed by atoms with van der Waals surface area (Å²) in [6, 6.07) is 18.1. The summed E-state index contributed by atoms with van der Waals surface area (Å²) in [6.07, 6.45) is 0. The highest BCUT2D eigenvalue weighted by Crippen LogP contribution is 2.28. The highest BCUT2D eigenvalue weighted by molar-refractivity contribution is 9.10. The second-order valence-electron chi connectivity index (χ2n) is 7.83. The van der Waals surface area contributed by atoms with E-state index in [-0.39, 0.29) is 11.4 Å². The molecule has 0 bridgehead atoms. The molecule has 0 aliphatic carbocycles. The molecule has 0 fully saturated rings. The molecule has 0 aliphatic rings. The van der Waals surface area contributed by atoms with Gasteiger partial charge in [0, 0.05) is 21.1 Å². The van der Waals surface area contributed by atoms with Gasteiger partial charge in [-0.3, -0.25) is 4.79 Å². The fraction of sp³-hybridized carbons (Fsp3) is 0.0800. The molecule has 35 heavy (non-hydrogen) atoms. The molecule has 174 valence electrons. The Balaban J connectivity index is 1.75. The largest absolute Gasteiger partial charge is 0.358 e. The summed E-state index contributed by atoms with van der Waals surface area (Å²) in [5, 5.41) is 15.6. The molecule has 0 saturated heterocycles. The number of hydrogen-bond donors (Lipinski definition) is 1. The summed E-state index contributed by atoms with van der Waals surface area (Å²) in [5.74, 6) is 0.664. The summed E-state index contributed by atoms with van der Waals surface area (Å²) >= 11 is 15.6. The number of H-pyrrole nitrogens is 1. The molecule has 0 atom stereocenters. The average molecular weight is 568 g/mol. The SMILES string of the molecule is Cc1[nH]c2ccccc2c1/C(N=Nc1ccc(Cl)c(Cl)c1)=N/n1c(C)nc2ccc(Br)cc2c1=O. The summed E-state index contributed by atoms with van der Waals surface area (Å²) in [7, 11) is 0. The van der Waals surface area contributed by atoms with Gasteiger partial charge in [-0.15, -0.1) is 15.3 Å². The summed E-state index contributed by atoms with van der Waals surface area (Å²) in [5.41, 5.74) is 3.25. The third-order valence-electron chi connectivity index (χ3n) is 5.45. The first-order valence-electron chi connectivity index (χ1n) is 10.5. The van der Waals surface area contributed by atoms with Gasteiger partial charge in [0.25, 0.3) is 5.56 Å². The van der Waals surface area contributed by atoms with Crippen molar-refractivity contribution in [2.24, 2.45) is 15.3 Å². The number of aromatic amines is 1. The van der Waals surface area contributed by atoms with Gasteiger partial charge in [0.05, 0.1) is 32.2 Å². The molecule has 10 heteroatoms. The van der Waals surface area contributed by atoms with Crippen LogP contribution in [-0.4, -0.2) is 20.5 Å². The van der Waals surface area contributed by atoms with E-state index in [0.29, 0.717) is 32.5 Å². The van der Waals surface area contributed by atoms with Crippen LogP contribution < -0.4 is 5.56 Å². The van der Waals surface area contributed by atoms with Crippen LogP contribution in [-0.2, 0) is 0 Å². The number of aryl methyl sites for hydroxylation is 2. The number of rotatable bonds is 3. The second kappa shape index (κ2) is 9.37. The normalized spacial score (nSPS) is 12.3. The third-order valence-corrected chi connectivity index (χ3v) is 6.68. The van der Waals surface area contributed by atoms with Gasteiger partial charge in [-0.25, -0.2) is 4.98 Å². The van der Waals surface area contributed by atoms with Crippen LogP contribution in [0.25, 0.3) is 21.8 Å². The van der Waals surface area contributed by atoms with E-state index >= 15 is 0 Å². The number of benzene rings is 3. The first-order valence-corrected chi connectivity index (χ1v) is 12.1. The van der Waals surface area contributed by atoms with Crippen LogP contribution in [0, 0.1) is 13.8 Å². The maximum atomic E-state index is 13.4. The van der Waals surface area contributed by atoms with Crippen molar-refractivity contribution < 1.29 is 0 Å². The number of hydrogen-bond acceptors (Lipinski definition) is 4. The molecule has 7 nitrogen and oxygen atoms in total. The number of aromatic nitrogens is 3. The lowest BCUT2D eigenvalue weighted by molar-refractivity contribution is 0.764. The van der Waals surface area contributed by atoms with Gasteiger partial charge in [-0.05, 0) is 56.3 Å². The minimum atomic E-state index is -0.312. The van der Waals surface area contributed by atoms with E-state index in [0.717, 1.165) is 26.6 Å². The molecule has 0 aliphatic heterocycles. The number of amidine groups is 1. The van der Waals surface area contributed by atoms with Crippen molar-refractivity contribution >= 4 is 72.5 Å². The Morgan fingerprint density at radius 2 is 1.80 bits per heavy atom. The molecule has 1 N–H and O–H groups in total. The van der Waals surface area contributed by atoms with Crippen LogP contribution in [0.2, 0.25) is 10.0 Å². The molecule has 0 unspecified atom stereocenters. The number of nitrogens with zero attached hydrogens (tertiary/aromatic N) is 5. The Hall–Kier alpha value is -3.33. The molecule has 2 heterocycles. The number of halogens is 3. The first kappa shape index (κ1) is 23.4. The fourth-order valence-corrected chi connectivity index (χ4v) is 4.46. The zero-order valence-corrected chi connectivity index (χ0v) is 21.6. The van der Waals surface area contributed by atoms with Gasteiger partial charge < -0.3 is 4.98 Å². The molecule has 0 amide bonds. The molecular weight excluding hydrogens is 551 g/mol. The van der Waals surface area contributed by atoms with Gasteiger partial charge in [0.2, 0.25) is 5.84 Å². The number of para-hydroxylation sites is 1. The van der Waals surface area contributed by atoms with E-state index in [2.05, 4.69) is 41.2 Å². The second-order valence-corrected chi connectivity index (χ2v) is 9.56. The Morgan fingerprint density at radius 1 is 1.00 bits per heavy atom. The van der Waals surface area contributed by atoms with Crippen molar-refractivity contribution in [3.05, 3.63) is 103 Å². The van der Waals surface area contributed by atoms with Gasteiger partial charge in [-0.1, -0.05) is 57.3 Å². The minimum Gasteiger partial charge on any atom is -0.358 e. The van der Waals surface area contributed by atoms with Crippen LogP contribution in [0.1, 0.15) is 17.1 Å². The molecule has 5 aromatic rings. The van der Waals surface area contributed by atoms with Crippen LogP contribution in [0.3, 0.4) is 0 Å². The Morgan fingerprint density at radius 3 is 2.60 bits per heavy atom. The predicted octanol–water partition coefficient (Wildman–Crippen LogP) is 7.56. The van der Waals surface area contributed by atoms with Crippen LogP contribution in [0.15, 0.2) is 85.3 Å². The van der Waals surface area contributed by atoms with Gasteiger partial charge in [0.1, 0.15) is 5.82 Å². The van der Waals surface area contributed by atoms with E-state index in [1.54, 1.807) is 37.3 Å². The quantitative estimate of drug-likeness (QED) is 0.138. The lowest BCUT2D eigenvalue weighted by Gasteiger charge is -2.08. The lowest BCUT2D eigenvalue weighted by atomic mass is 10.1. The van der Waals surface area contributed by atoms with Crippen LogP contribution in [0.4, 0.5) is 5.69 Å². The minimum absolute atomic E-state index is 0.243. The highest BCUT2D eigenvalue weighted by Gasteiger charge is 2.17. The standard InChI is InChI=1S/C25H17BrCl2N6O/c1-13-23(17-5-3-4-6-21(17)29-13)24(32-31-16-8-9-19(27)20(28)12-16)33-34-14(2)30-22-10-7-15(26)11-18(22)25(34)35/h3-12,29H,1-2H3/b32-31?,33-24-. The van der Waals surface area contributed by atoms with E-state index in [4.69, 9.17) is 23.2 Å². The number of azo groups is 1. The van der Waals surface area contributed by atoms with Crippen molar-refractivity contribution in [2.45, 2.75) is 13.8 Å². The van der Waals surface area contributed by atoms with Crippen molar-refractivity contribution in [1.29, 1.82) is 0 Å². The topological polar surface area (TPSA) is 87.8 Å².